The van der Waals surface area contributed by atoms with E-state index < -0.39 is 0 Å². The van der Waals surface area contributed by atoms with Crippen molar-refractivity contribution in [3.8, 4) is 11.1 Å². The maximum Gasteiger partial charge on any atom is 0.224 e. The zero-order valence-corrected chi connectivity index (χ0v) is 13.1. The predicted octanol–water partition coefficient (Wildman–Crippen LogP) is 4.01. The standard InChI is InChI=1S/C15H12ClN5S/c16-15-20-13-8-22-7-12(13)14(21-15)19-11-3-1-9(2-4-11)10-5-17-18-6-10/h1-6H,7-8H2,(H,17,18)(H,19,20,21). The first kappa shape index (κ1) is 13.6. The summed E-state index contributed by atoms with van der Waals surface area (Å²) in [7, 11) is 0. The lowest BCUT2D eigenvalue weighted by molar-refractivity contribution is 1.07. The highest BCUT2D eigenvalue weighted by Gasteiger charge is 2.19. The topological polar surface area (TPSA) is 66.5 Å². The number of aromatic nitrogens is 4. The van der Waals surface area contributed by atoms with Crippen LogP contribution in [0.4, 0.5) is 11.5 Å². The average molecular weight is 330 g/mol. The van der Waals surface area contributed by atoms with Gasteiger partial charge < -0.3 is 5.32 Å². The van der Waals surface area contributed by atoms with Crippen molar-refractivity contribution in [3.05, 3.63) is 53.2 Å². The van der Waals surface area contributed by atoms with E-state index in [0.29, 0.717) is 5.28 Å². The first-order chi connectivity index (χ1) is 10.8. The first-order valence-corrected chi connectivity index (χ1v) is 8.32. The van der Waals surface area contributed by atoms with E-state index in [9.17, 15) is 0 Å². The number of nitrogens with zero attached hydrogens (tertiary/aromatic N) is 3. The number of H-pyrrole nitrogens is 1. The molecular weight excluding hydrogens is 318 g/mol. The SMILES string of the molecule is Clc1nc2c(c(Nc3ccc(-c4cn[nH]c4)cc3)n1)CSC2. The Morgan fingerprint density at radius 1 is 1.09 bits per heavy atom. The molecule has 0 fully saturated rings. The minimum absolute atomic E-state index is 0.291. The summed E-state index contributed by atoms with van der Waals surface area (Å²) in [6, 6.07) is 8.13. The summed E-state index contributed by atoms with van der Waals surface area (Å²) in [5.41, 5.74) is 5.33. The van der Waals surface area contributed by atoms with Gasteiger partial charge in [-0.1, -0.05) is 12.1 Å². The van der Waals surface area contributed by atoms with Crippen LogP contribution in [0.2, 0.25) is 5.28 Å². The molecule has 3 aromatic rings. The van der Waals surface area contributed by atoms with Gasteiger partial charge in [-0.05, 0) is 29.3 Å². The fourth-order valence-corrected chi connectivity index (χ4v) is 3.64. The maximum atomic E-state index is 6.01. The molecule has 0 atom stereocenters. The van der Waals surface area contributed by atoms with Gasteiger partial charge >= 0.3 is 0 Å². The molecular formula is C15H12ClN5S. The molecule has 2 aromatic heterocycles. The highest BCUT2D eigenvalue weighted by atomic mass is 35.5. The van der Waals surface area contributed by atoms with E-state index in [-0.39, 0.29) is 0 Å². The minimum Gasteiger partial charge on any atom is -0.340 e. The van der Waals surface area contributed by atoms with Crippen LogP contribution in [0.1, 0.15) is 11.3 Å². The fourth-order valence-electron chi connectivity index (χ4n) is 2.42. The Bertz CT molecular complexity index is 802. The van der Waals surface area contributed by atoms with E-state index >= 15 is 0 Å². The highest BCUT2D eigenvalue weighted by Crippen LogP contribution is 2.34. The van der Waals surface area contributed by atoms with Crippen molar-refractivity contribution in [3.63, 3.8) is 0 Å². The smallest absolute Gasteiger partial charge is 0.224 e. The van der Waals surface area contributed by atoms with Crippen LogP contribution in [0.25, 0.3) is 11.1 Å². The molecule has 1 aliphatic rings. The molecule has 4 rings (SSSR count). The van der Waals surface area contributed by atoms with Crippen LogP contribution in [-0.2, 0) is 11.5 Å². The highest BCUT2D eigenvalue weighted by molar-refractivity contribution is 7.98. The lowest BCUT2D eigenvalue weighted by Gasteiger charge is -2.10. The Labute approximate surface area is 136 Å². The van der Waals surface area contributed by atoms with Crippen LogP contribution in [-0.4, -0.2) is 20.2 Å². The molecule has 0 saturated carbocycles. The van der Waals surface area contributed by atoms with Crippen molar-refractivity contribution >= 4 is 34.9 Å². The molecule has 2 N–H and O–H groups in total. The molecule has 3 heterocycles. The van der Waals surface area contributed by atoms with Gasteiger partial charge in [-0.2, -0.15) is 16.9 Å². The Hall–Kier alpha value is -2.05. The van der Waals surface area contributed by atoms with Gasteiger partial charge in [0.15, 0.2) is 0 Å². The molecule has 0 radical (unpaired) electrons. The van der Waals surface area contributed by atoms with Crippen LogP contribution in [0, 0.1) is 0 Å². The molecule has 0 bridgehead atoms. The summed E-state index contributed by atoms with van der Waals surface area (Å²) >= 11 is 7.83. The summed E-state index contributed by atoms with van der Waals surface area (Å²) in [4.78, 5) is 8.61. The number of benzene rings is 1. The summed E-state index contributed by atoms with van der Waals surface area (Å²) in [5, 5.41) is 10.4. The Kier molecular flexibility index (Phi) is 3.48. The summed E-state index contributed by atoms with van der Waals surface area (Å²) < 4.78 is 0. The number of halogens is 1. The quantitative estimate of drug-likeness (QED) is 0.711. The van der Waals surface area contributed by atoms with Crippen molar-refractivity contribution in [2.24, 2.45) is 0 Å². The summed E-state index contributed by atoms with van der Waals surface area (Å²) in [5.74, 6) is 2.62. The normalized spacial score (nSPS) is 13.1. The Morgan fingerprint density at radius 3 is 2.73 bits per heavy atom. The third-order valence-electron chi connectivity index (χ3n) is 3.53. The van der Waals surface area contributed by atoms with Gasteiger partial charge in [0.2, 0.25) is 5.28 Å². The zero-order valence-electron chi connectivity index (χ0n) is 11.5. The molecule has 0 amide bonds. The molecule has 22 heavy (non-hydrogen) atoms. The zero-order chi connectivity index (χ0) is 14.9. The molecule has 7 heteroatoms. The van der Waals surface area contributed by atoms with Crippen molar-refractivity contribution in [1.82, 2.24) is 20.2 Å². The summed E-state index contributed by atoms with van der Waals surface area (Å²) in [6.45, 7) is 0. The van der Waals surface area contributed by atoms with Crippen molar-refractivity contribution < 1.29 is 0 Å². The maximum absolute atomic E-state index is 6.01. The third kappa shape index (κ3) is 2.55. The molecule has 1 aromatic carbocycles. The lowest BCUT2D eigenvalue weighted by atomic mass is 10.1. The average Bonchev–Trinajstić information content (AvgIpc) is 3.18. The van der Waals surface area contributed by atoms with Gasteiger partial charge in [0, 0.05) is 34.5 Å². The predicted molar refractivity (Wildman–Crippen MR) is 89.3 cm³/mol. The second-order valence-corrected chi connectivity index (χ2v) is 6.27. The van der Waals surface area contributed by atoms with Gasteiger partial charge in [-0.3, -0.25) is 5.10 Å². The monoisotopic (exact) mass is 329 g/mol. The van der Waals surface area contributed by atoms with E-state index in [1.165, 1.54) is 0 Å². The number of hydrogen-bond acceptors (Lipinski definition) is 5. The molecule has 0 saturated heterocycles. The lowest BCUT2D eigenvalue weighted by Crippen LogP contribution is -2.01. The van der Waals surface area contributed by atoms with Crippen molar-refractivity contribution in [2.45, 2.75) is 11.5 Å². The molecule has 0 aliphatic carbocycles. The molecule has 0 unspecified atom stereocenters. The fraction of sp³-hybridized carbons (Fsp3) is 0.133. The molecule has 1 aliphatic heterocycles. The van der Waals surface area contributed by atoms with E-state index in [2.05, 4.69) is 25.5 Å². The molecule has 5 nitrogen and oxygen atoms in total. The Morgan fingerprint density at radius 2 is 1.95 bits per heavy atom. The van der Waals surface area contributed by atoms with Gasteiger partial charge in [-0.25, -0.2) is 9.97 Å². The second-order valence-electron chi connectivity index (χ2n) is 4.95. The van der Waals surface area contributed by atoms with Gasteiger partial charge in [-0.15, -0.1) is 0 Å². The van der Waals surface area contributed by atoms with Crippen LogP contribution in [0.15, 0.2) is 36.7 Å². The number of anilines is 2. The number of fused-ring (bicyclic) bond motifs is 1. The minimum atomic E-state index is 0.291. The third-order valence-corrected chi connectivity index (χ3v) is 4.67. The van der Waals surface area contributed by atoms with E-state index in [1.807, 2.05) is 42.2 Å². The molecule has 110 valence electrons. The summed E-state index contributed by atoms with van der Waals surface area (Å²) in [6.07, 6.45) is 3.67. The second kappa shape index (κ2) is 5.62. The van der Waals surface area contributed by atoms with Crippen LogP contribution in [0.5, 0.6) is 0 Å². The number of hydrogen-bond donors (Lipinski definition) is 2. The van der Waals surface area contributed by atoms with Crippen LogP contribution in [0.3, 0.4) is 0 Å². The van der Waals surface area contributed by atoms with Gasteiger partial charge in [0.1, 0.15) is 5.82 Å². The van der Waals surface area contributed by atoms with E-state index in [0.717, 1.165) is 45.4 Å². The van der Waals surface area contributed by atoms with Crippen molar-refractivity contribution in [2.75, 3.05) is 5.32 Å². The van der Waals surface area contributed by atoms with Crippen LogP contribution < -0.4 is 5.32 Å². The Balaban J connectivity index is 1.62. The van der Waals surface area contributed by atoms with Gasteiger partial charge in [0.05, 0.1) is 11.9 Å². The number of thioether (sulfide) groups is 1. The van der Waals surface area contributed by atoms with E-state index in [4.69, 9.17) is 11.6 Å². The van der Waals surface area contributed by atoms with Crippen molar-refractivity contribution in [1.29, 1.82) is 0 Å². The van der Waals surface area contributed by atoms with Gasteiger partial charge in [0.25, 0.3) is 0 Å². The number of nitrogens with one attached hydrogen (secondary N) is 2. The molecule has 0 spiro atoms. The number of aromatic amines is 1. The largest absolute Gasteiger partial charge is 0.340 e. The first-order valence-electron chi connectivity index (χ1n) is 6.79. The van der Waals surface area contributed by atoms with Crippen LogP contribution >= 0.6 is 23.4 Å². The van der Waals surface area contributed by atoms with E-state index in [1.54, 1.807) is 6.20 Å². The number of rotatable bonds is 3.